The second-order valence-corrected chi connectivity index (χ2v) is 5.94. The van der Waals surface area contributed by atoms with Crippen molar-refractivity contribution in [3.05, 3.63) is 60.2 Å². The zero-order valence-electron chi connectivity index (χ0n) is 14.8. The van der Waals surface area contributed by atoms with E-state index in [-0.39, 0.29) is 0 Å². The summed E-state index contributed by atoms with van der Waals surface area (Å²) >= 11 is 0. The Bertz CT molecular complexity index is 1070. The summed E-state index contributed by atoms with van der Waals surface area (Å²) in [5.74, 6) is 2.20. The lowest BCUT2D eigenvalue weighted by Gasteiger charge is -2.08. The van der Waals surface area contributed by atoms with Crippen LogP contribution in [-0.4, -0.2) is 34.0 Å². The molecule has 6 heteroatoms. The minimum Gasteiger partial charge on any atom is -0.497 e. The van der Waals surface area contributed by atoms with Crippen molar-refractivity contribution < 1.29 is 9.47 Å². The maximum atomic E-state index is 5.49. The predicted molar refractivity (Wildman–Crippen MR) is 99.5 cm³/mol. The van der Waals surface area contributed by atoms with Gasteiger partial charge in [0.25, 0.3) is 0 Å². The summed E-state index contributed by atoms with van der Waals surface area (Å²) in [6, 6.07) is 17.6. The molecule has 0 unspecified atom stereocenters. The first-order valence-corrected chi connectivity index (χ1v) is 8.21. The van der Waals surface area contributed by atoms with Crippen molar-refractivity contribution >= 4 is 5.65 Å². The SMILES string of the molecule is COc1ccc(-c2ccc3nnc(-c4cc(C)ccc4OC)n3n2)cc1. The van der Waals surface area contributed by atoms with E-state index in [0.29, 0.717) is 11.5 Å². The number of rotatable bonds is 4. The number of nitrogens with zero attached hydrogens (tertiary/aromatic N) is 4. The lowest BCUT2D eigenvalue weighted by atomic mass is 10.1. The van der Waals surface area contributed by atoms with Crippen LogP contribution in [0.3, 0.4) is 0 Å². The number of hydrogen-bond donors (Lipinski definition) is 0. The molecule has 0 fully saturated rings. The van der Waals surface area contributed by atoms with Gasteiger partial charge in [-0.2, -0.15) is 9.61 Å². The Morgan fingerprint density at radius 1 is 0.846 bits per heavy atom. The fourth-order valence-corrected chi connectivity index (χ4v) is 2.87. The second kappa shape index (κ2) is 6.48. The van der Waals surface area contributed by atoms with E-state index in [4.69, 9.17) is 14.6 Å². The van der Waals surface area contributed by atoms with Gasteiger partial charge in [0.2, 0.25) is 0 Å². The maximum absolute atomic E-state index is 5.49. The Kier molecular flexibility index (Phi) is 4.01. The molecule has 2 aromatic heterocycles. The first-order valence-electron chi connectivity index (χ1n) is 8.21. The van der Waals surface area contributed by atoms with Crippen LogP contribution in [0.4, 0.5) is 0 Å². The van der Waals surface area contributed by atoms with Gasteiger partial charge in [0, 0.05) is 5.56 Å². The van der Waals surface area contributed by atoms with Crippen LogP contribution in [-0.2, 0) is 0 Å². The predicted octanol–water partition coefficient (Wildman–Crippen LogP) is 3.78. The minimum absolute atomic E-state index is 0.649. The Morgan fingerprint density at radius 3 is 2.38 bits per heavy atom. The van der Waals surface area contributed by atoms with E-state index in [2.05, 4.69) is 10.2 Å². The molecule has 26 heavy (non-hydrogen) atoms. The fraction of sp³-hybridized carbons (Fsp3) is 0.150. The van der Waals surface area contributed by atoms with Gasteiger partial charge in [0.15, 0.2) is 11.5 Å². The molecule has 0 saturated heterocycles. The van der Waals surface area contributed by atoms with E-state index in [1.54, 1.807) is 18.7 Å². The van der Waals surface area contributed by atoms with Crippen LogP contribution in [0.25, 0.3) is 28.3 Å². The monoisotopic (exact) mass is 346 g/mol. The van der Waals surface area contributed by atoms with Gasteiger partial charge in [-0.3, -0.25) is 0 Å². The second-order valence-electron chi connectivity index (χ2n) is 5.94. The molecule has 4 rings (SSSR count). The summed E-state index contributed by atoms with van der Waals surface area (Å²) in [7, 11) is 3.30. The van der Waals surface area contributed by atoms with Crippen molar-refractivity contribution in [2.45, 2.75) is 6.92 Å². The molecule has 2 aromatic carbocycles. The summed E-state index contributed by atoms with van der Waals surface area (Å²) in [6.45, 7) is 2.03. The molecular formula is C20H18N4O2. The van der Waals surface area contributed by atoms with E-state index in [9.17, 15) is 0 Å². The first-order chi connectivity index (χ1) is 12.7. The van der Waals surface area contributed by atoms with Crippen molar-refractivity contribution in [2.24, 2.45) is 0 Å². The van der Waals surface area contributed by atoms with Crippen LogP contribution >= 0.6 is 0 Å². The normalized spacial score (nSPS) is 10.9. The number of aromatic nitrogens is 4. The van der Waals surface area contributed by atoms with Gasteiger partial charge >= 0.3 is 0 Å². The standard InChI is InChI=1S/C20H18N4O2/c1-13-4-10-18(26-3)16(12-13)20-22-21-19-11-9-17(23-24(19)20)14-5-7-15(25-2)8-6-14/h4-12H,1-3H3. The van der Waals surface area contributed by atoms with Gasteiger partial charge in [-0.1, -0.05) is 11.6 Å². The van der Waals surface area contributed by atoms with Gasteiger partial charge in [0.05, 0.1) is 25.5 Å². The van der Waals surface area contributed by atoms with Gasteiger partial charge in [-0.05, 0) is 55.5 Å². The fourth-order valence-electron chi connectivity index (χ4n) is 2.87. The molecule has 2 heterocycles. The molecule has 4 aromatic rings. The van der Waals surface area contributed by atoms with Crippen LogP contribution < -0.4 is 9.47 Å². The van der Waals surface area contributed by atoms with Crippen molar-refractivity contribution in [3.63, 3.8) is 0 Å². The van der Waals surface area contributed by atoms with E-state index in [1.165, 1.54) is 0 Å². The van der Waals surface area contributed by atoms with Crippen molar-refractivity contribution in [2.75, 3.05) is 14.2 Å². The van der Waals surface area contributed by atoms with Gasteiger partial charge in [0.1, 0.15) is 11.5 Å². The van der Waals surface area contributed by atoms with Gasteiger partial charge < -0.3 is 9.47 Å². The van der Waals surface area contributed by atoms with Crippen LogP contribution in [0.2, 0.25) is 0 Å². The molecule has 0 N–H and O–H groups in total. The topological polar surface area (TPSA) is 61.5 Å². The third-order valence-corrected chi connectivity index (χ3v) is 4.24. The summed E-state index contributed by atoms with van der Waals surface area (Å²) < 4.78 is 12.5. The lowest BCUT2D eigenvalue weighted by Crippen LogP contribution is -1.99. The van der Waals surface area contributed by atoms with E-state index in [0.717, 1.165) is 33.9 Å². The van der Waals surface area contributed by atoms with Crippen molar-refractivity contribution in [1.82, 2.24) is 19.8 Å². The molecule has 0 aliphatic carbocycles. The van der Waals surface area contributed by atoms with Gasteiger partial charge in [-0.25, -0.2) is 0 Å². The molecule has 0 aliphatic rings. The third kappa shape index (κ3) is 2.75. The van der Waals surface area contributed by atoms with E-state index < -0.39 is 0 Å². The molecule has 0 amide bonds. The van der Waals surface area contributed by atoms with Crippen LogP contribution in [0.1, 0.15) is 5.56 Å². The summed E-state index contributed by atoms with van der Waals surface area (Å²) in [4.78, 5) is 0. The highest BCUT2D eigenvalue weighted by Crippen LogP contribution is 2.30. The number of methoxy groups -OCH3 is 2. The summed E-state index contributed by atoms with van der Waals surface area (Å²) in [5.41, 5.74) is 4.47. The molecule has 0 radical (unpaired) electrons. The molecular weight excluding hydrogens is 328 g/mol. The zero-order chi connectivity index (χ0) is 18.1. The molecule has 0 bridgehead atoms. The quantitative estimate of drug-likeness (QED) is 0.563. The van der Waals surface area contributed by atoms with Crippen molar-refractivity contribution in [3.8, 4) is 34.1 Å². The zero-order valence-corrected chi connectivity index (χ0v) is 14.8. The van der Waals surface area contributed by atoms with Crippen molar-refractivity contribution in [1.29, 1.82) is 0 Å². The third-order valence-electron chi connectivity index (χ3n) is 4.24. The van der Waals surface area contributed by atoms with Gasteiger partial charge in [-0.15, -0.1) is 10.2 Å². The molecule has 0 atom stereocenters. The average molecular weight is 346 g/mol. The Labute approximate surface area is 151 Å². The number of hydrogen-bond acceptors (Lipinski definition) is 5. The lowest BCUT2D eigenvalue weighted by molar-refractivity contribution is 0.415. The highest BCUT2D eigenvalue weighted by Gasteiger charge is 2.15. The first kappa shape index (κ1) is 16.1. The van der Waals surface area contributed by atoms with E-state index >= 15 is 0 Å². The minimum atomic E-state index is 0.649. The maximum Gasteiger partial charge on any atom is 0.189 e. The summed E-state index contributed by atoms with van der Waals surface area (Å²) in [5, 5.41) is 13.3. The highest BCUT2D eigenvalue weighted by molar-refractivity contribution is 5.68. The smallest absolute Gasteiger partial charge is 0.189 e. The largest absolute Gasteiger partial charge is 0.497 e. The molecule has 0 saturated carbocycles. The molecule has 6 nitrogen and oxygen atoms in total. The summed E-state index contributed by atoms with van der Waals surface area (Å²) in [6.07, 6.45) is 0. The van der Waals surface area contributed by atoms with Crippen LogP contribution in [0, 0.1) is 6.92 Å². The highest BCUT2D eigenvalue weighted by atomic mass is 16.5. The number of ether oxygens (including phenoxy) is 2. The number of aryl methyl sites for hydroxylation is 1. The molecule has 0 aliphatic heterocycles. The van der Waals surface area contributed by atoms with E-state index in [1.807, 2.05) is 61.5 Å². The number of fused-ring (bicyclic) bond motifs is 1. The van der Waals surface area contributed by atoms with Crippen LogP contribution in [0.15, 0.2) is 54.6 Å². The number of benzene rings is 2. The Hall–Kier alpha value is -3.41. The average Bonchev–Trinajstić information content (AvgIpc) is 3.11. The molecule has 0 spiro atoms. The Morgan fingerprint density at radius 2 is 1.65 bits per heavy atom. The molecule has 130 valence electrons. The Balaban J connectivity index is 1.86. The van der Waals surface area contributed by atoms with Crippen LogP contribution in [0.5, 0.6) is 11.5 Å².